The third kappa shape index (κ3) is 6.93. The Bertz CT molecular complexity index is 863. The van der Waals surface area contributed by atoms with Crippen LogP contribution in [0.25, 0.3) is 0 Å². The minimum atomic E-state index is -1.69. The van der Waals surface area contributed by atoms with Crippen LogP contribution in [-0.2, 0) is 23.8 Å². The molecule has 36 heavy (non-hydrogen) atoms. The van der Waals surface area contributed by atoms with Gasteiger partial charge in [-0.25, -0.2) is 9.59 Å². The maximum atomic E-state index is 12.6. The summed E-state index contributed by atoms with van der Waals surface area (Å²) in [6, 6.07) is 0. The zero-order chi connectivity index (χ0) is 26.8. The van der Waals surface area contributed by atoms with Gasteiger partial charge in [-0.2, -0.15) is 0 Å². The molecule has 1 heterocycles. The largest absolute Gasteiger partial charge is 0.459 e. The molecule has 204 valence electrons. The molecule has 10 nitrogen and oxygen atoms in total. The number of rotatable bonds is 7. The lowest BCUT2D eigenvalue weighted by molar-refractivity contribution is -0.292. The molecule has 1 aliphatic heterocycles. The van der Waals surface area contributed by atoms with E-state index >= 15 is 0 Å². The Morgan fingerprint density at radius 1 is 0.861 bits per heavy atom. The van der Waals surface area contributed by atoms with Crippen molar-refractivity contribution in [2.24, 2.45) is 11.8 Å². The topological polar surface area (TPSA) is 163 Å². The molecule has 0 spiro atoms. The Morgan fingerprint density at radius 3 is 1.81 bits per heavy atom. The van der Waals surface area contributed by atoms with Gasteiger partial charge >= 0.3 is 11.9 Å². The van der Waals surface area contributed by atoms with E-state index in [0.29, 0.717) is 49.7 Å². The summed E-state index contributed by atoms with van der Waals surface area (Å²) in [5.41, 5.74) is -0.883. The fourth-order valence-electron chi connectivity index (χ4n) is 4.91. The molecule has 0 aromatic heterocycles. The zero-order valence-corrected chi connectivity index (χ0v) is 21.4. The van der Waals surface area contributed by atoms with Crippen molar-refractivity contribution in [2.45, 2.75) is 108 Å². The monoisotopic (exact) mass is 512 g/mol. The Morgan fingerprint density at radius 2 is 1.36 bits per heavy atom. The number of ether oxygens (including phenoxy) is 3. The number of allylic oxidation sites excluding steroid dienone is 2. The molecule has 0 radical (unpaired) electrons. The van der Waals surface area contributed by atoms with Crippen LogP contribution in [0, 0.1) is 11.8 Å². The maximum absolute atomic E-state index is 12.6. The van der Waals surface area contributed by atoms with Crippen LogP contribution in [0.3, 0.4) is 0 Å². The highest BCUT2D eigenvalue weighted by Gasteiger charge is 2.46. The number of hydrogen-bond donors (Lipinski definition) is 5. The van der Waals surface area contributed by atoms with Gasteiger partial charge in [0, 0.05) is 11.1 Å². The molecule has 2 aliphatic carbocycles. The summed E-state index contributed by atoms with van der Waals surface area (Å²) in [4.78, 5) is 25.1. The highest BCUT2D eigenvalue weighted by Crippen LogP contribution is 2.34. The first kappa shape index (κ1) is 28.7. The van der Waals surface area contributed by atoms with Crippen molar-refractivity contribution in [1.29, 1.82) is 0 Å². The van der Waals surface area contributed by atoms with Crippen LogP contribution in [0.5, 0.6) is 0 Å². The summed E-state index contributed by atoms with van der Waals surface area (Å²) in [5.74, 6) is -1.28. The van der Waals surface area contributed by atoms with E-state index in [1.165, 1.54) is 0 Å². The molecule has 0 aromatic carbocycles. The molecule has 5 N–H and O–H groups in total. The number of aliphatic hydroxyl groups excluding tert-OH is 3. The fraction of sp³-hybridized carbons (Fsp3) is 0.769. The van der Waals surface area contributed by atoms with Crippen LogP contribution in [0.4, 0.5) is 0 Å². The Hall–Kier alpha value is -1.82. The first-order valence-corrected chi connectivity index (χ1v) is 12.6. The fourth-order valence-corrected chi connectivity index (χ4v) is 4.91. The smallest absolute Gasteiger partial charge is 0.336 e. The molecular formula is C26H40O10. The molecule has 0 saturated carbocycles. The minimum absolute atomic E-state index is 0.00176. The minimum Gasteiger partial charge on any atom is -0.459 e. The first-order valence-electron chi connectivity index (χ1n) is 12.6. The van der Waals surface area contributed by atoms with Crippen LogP contribution in [-0.4, -0.2) is 86.0 Å². The predicted molar refractivity (Wildman–Crippen MR) is 127 cm³/mol. The number of carbonyl (C=O) groups is 2. The van der Waals surface area contributed by atoms with E-state index in [0.717, 1.165) is 0 Å². The lowest BCUT2D eigenvalue weighted by atomic mass is 9.79. The number of carbonyl (C=O) groups excluding carboxylic acids is 2. The van der Waals surface area contributed by atoms with E-state index in [1.807, 2.05) is 0 Å². The molecule has 0 aromatic rings. The van der Waals surface area contributed by atoms with Crippen LogP contribution >= 0.6 is 0 Å². The van der Waals surface area contributed by atoms with E-state index in [9.17, 15) is 35.1 Å². The van der Waals surface area contributed by atoms with Gasteiger partial charge in [-0.3, -0.25) is 0 Å². The molecule has 1 saturated heterocycles. The quantitative estimate of drug-likeness (QED) is 0.309. The second-order valence-corrected chi connectivity index (χ2v) is 11.2. The third-order valence-corrected chi connectivity index (χ3v) is 7.61. The van der Waals surface area contributed by atoms with Gasteiger partial charge in [0.1, 0.15) is 31.0 Å². The normalized spacial score (nSPS) is 33.9. The van der Waals surface area contributed by atoms with E-state index in [1.54, 1.807) is 39.8 Å². The number of aliphatic hydroxyl groups is 5. The lowest BCUT2D eigenvalue weighted by Gasteiger charge is -2.39. The lowest BCUT2D eigenvalue weighted by Crippen LogP contribution is -2.59. The molecule has 3 rings (SSSR count). The molecule has 3 aliphatic rings. The molecule has 0 unspecified atom stereocenters. The second kappa shape index (κ2) is 11.3. The van der Waals surface area contributed by atoms with Gasteiger partial charge in [0.05, 0.1) is 11.2 Å². The molecule has 0 amide bonds. The average molecular weight is 513 g/mol. The zero-order valence-electron chi connectivity index (χ0n) is 21.4. The van der Waals surface area contributed by atoms with Crippen molar-refractivity contribution in [1.82, 2.24) is 0 Å². The third-order valence-electron chi connectivity index (χ3n) is 7.61. The first-order chi connectivity index (χ1) is 16.7. The second-order valence-electron chi connectivity index (χ2n) is 11.2. The van der Waals surface area contributed by atoms with Gasteiger partial charge < -0.3 is 39.7 Å². The van der Waals surface area contributed by atoms with Gasteiger partial charge in [-0.05, 0) is 78.1 Å². The Kier molecular flexibility index (Phi) is 9.01. The van der Waals surface area contributed by atoms with Crippen molar-refractivity contribution in [3.63, 3.8) is 0 Å². The van der Waals surface area contributed by atoms with Crippen molar-refractivity contribution in [3.05, 3.63) is 23.3 Å². The van der Waals surface area contributed by atoms with E-state index in [2.05, 4.69) is 0 Å². The molecule has 0 bridgehead atoms. The summed E-state index contributed by atoms with van der Waals surface area (Å²) in [6.07, 6.45) is -1.24. The standard InChI is InChI=1S/C26H40O10/c1-25(2,32)16-9-5-14(6-10-16)22(30)34-13-18-19(27)20(28)21(29)24(35-18)36-23(31)15-7-11-17(12-8-15)26(3,4)33/h5,7,16-21,24,27-29,32-33H,6,8-13H2,1-4H3/t16-,17-,18-,19-,20+,21-,24+/m1/s1. The van der Waals surface area contributed by atoms with E-state index < -0.39 is 60.5 Å². The van der Waals surface area contributed by atoms with Crippen molar-refractivity contribution < 1.29 is 49.3 Å². The molecule has 1 fully saturated rings. The predicted octanol–water partition coefficient (Wildman–Crippen LogP) is 0.875. The summed E-state index contributed by atoms with van der Waals surface area (Å²) in [5, 5.41) is 51.2. The van der Waals surface area contributed by atoms with Crippen molar-refractivity contribution >= 4 is 11.9 Å². The van der Waals surface area contributed by atoms with E-state index in [4.69, 9.17) is 14.2 Å². The molecular weight excluding hydrogens is 472 g/mol. The summed E-state index contributed by atoms with van der Waals surface area (Å²) in [6.45, 7) is 6.49. The molecule has 10 heteroatoms. The van der Waals surface area contributed by atoms with Gasteiger partial charge in [-0.1, -0.05) is 12.2 Å². The van der Waals surface area contributed by atoms with Crippen molar-refractivity contribution in [3.8, 4) is 0 Å². The van der Waals surface area contributed by atoms with E-state index in [-0.39, 0.29) is 11.8 Å². The highest BCUT2D eigenvalue weighted by atomic mass is 16.7. The average Bonchev–Trinajstić information content (AvgIpc) is 2.82. The van der Waals surface area contributed by atoms with Crippen molar-refractivity contribution in [2.75, 3.05) is 6.61 Å². The SMILES string of the molecule is CC(C)(O)[C@@H]1CC=C(C(=O)OC[C@H]2O[C@@H](OC(=O)C3=CC[C@@H](C(C)(C)O)CC3)[C@H](O)[C@@H](O)[C@@H]2O)CC1. The Labute approximate surface area is 211 Å². The van der Waals surface area contributed by atoms with Gasteiger partial charge in [0.15, 0.2) is 0 Å². The van der Waals surface area contributed by atoms with Gasteiger partial charge in [0.25, 0.3) is 0 Å². The Balaban J connectivity index is 1.56. The number of hydrogen-bond acceptors (Lipinski definition) is 10. The highest BCUT2D eigenvalue weighted by molar-refractivity contribution is 5.89. The van der Waals surface area contributed by atoms with Crippen LogP contribution < -0.4 is 0 Å². The number of esters is 2. The van der Waals surface area contributed by atoms with Gasteiger partial charge in [-0.15, -0.1) is 0 Å². The summed E-state index contributed by atoms with van der Waals surface area (Å²) >= 11 is 0. The van der Waals surface area contributed by atoms with Crippen LogP contribution in [0.1, 0.15) is 66.2 Å². The summed E-state index contributed by atoms with van der Waals surface area (Å²) < 4.78 is 16.1. The van der Waals surface area contributed by atoms with Crippen LogP contribution in [0.2, 0.25) is 0 Å². The van der Waals surface area contributed by atoms with Crippen LogP contribution in [0.15, 0.2) is 23.3 Å². The summed E-state index contributed by atoms with van der Waals surface area (Å²) in [7, 11) is 0. The molecule has 7 atom stereocenters. The van der Waals surface area contributed by atoms with Gasteiger partial charge in [0.2, 0.25) is 6.29 Å². The maximum Gasteiger partial charge on any atom is 0.336 e.